The maximum atomic E-state index is 10.9. The van der Waals surface area contributed by atoms with Crippen molar-refractivity contribution in [3.05, 3.63) is 0 Å². The second-order valence-electron chi connectivity index (χ2n) is 2.49. The topological polar surface area (TPSA) is 87.0 Å². The minimum absolute atomic E-state index is 0.0481. The molecule has 1 aliphatic heterocycles. The molecule has 0 aromatic heterocycles. The maximum Gasteiger partial charge on any atom is 0.250 e. The van der Waals surface area contributed by atoms with Gasteiger partial charge in [-0.1, -0.05) is 0 Å². The van der Waals surface area contributed by atoms with Gasteiger partial charge in [-0.15, -0.1) is 0 Å². The van der Waals surface area contributed by atoms with E-state index in [1.54, 1.807) is 0 Å². The molecule has 0 spiro atoms. The molecule has 3 N–H and O–H groups in total. The van der Waals surface area contributed by atoms with Crippen LogP contribution in [-0.4, -0.2) is 46.2 Å². The lowest BCUT2D eigenvalue weighted by Gasteiger charge is -2.17. The Bertz CT molecular complexity index is 168. The van der Waals surface area contributed by atoms with Crippen molar-refractivity contribution in [3.8, 4) is 0 Å². The molecule has 0 aromatic carbocycles. The molecule has 2 atom stereocenters. The quantitative estimate of drug-likeness (QED) is 0.438. The van der Waals surface area contributed by atoms with E-state index in [-0.39, 0.29) is 13.0 Å². The van der Waals surface area contributed by atoms with Crippen LogP contribution in [0.2, 0.25) is 0 Å². The largest absolute Gasteiger partial charge is 0.394 e. The predicted molar refractivity (Wildman–Crippen MR) is 33.6 cm³/mol. The van der Waals surface area contributed by atoms with Crippen molar-refractivity contribution in [1.29, 1.82) is 0 Å². The SMILES string of the molecule is O=C1C[C@@H](CO)O[C@@]1(O)CO. The summed E-state index contributed by atoms with van der Waals surface area (Å²) >= 11 is 0. The number of hydrogen-bond acceptors (Lipinski definition) is 5. The fraction of sp³-hybridized carbons (Fsp3) is 0.833. The summed E-state index contributed by atoms with van der Waals surface area (Å²) in [5, 5.41) is 26.2. The molecule has 0 aliphatic carbocycles. The predicted octanol–water partition coefficient (Wildman–Crippen LogP) is -1.98. The van der Waals surface area contributed by atoms with Crippen molar-refractivity contribution in [2.75, 3.05) is 13.2 Å². The van der Waals surface area contributed by atoms with E-state index < -0.39 is 24.3 Å². The third-order valence-corrected chi connectivity index (χ3v) is 1.63. The smallest absolute Gasteiger partial charge is 0.250 e. The van der Waals surface area contributed by atoms with Crippen LogP contribution in [0.4, 0.5) is 0 Å². The first-order valence-electron chi connectivity index (χ1n) is 3.27. The molecule has 11 heavy (non-hydrogen) atoms. The zero-order chi connectivity index (χ0) is 8.48. The molecular formula is C6H10O5. The van der Waals surface area contributed by atoms with Gasteiger partial charge in [0.25, 0.3) is 5.79 Å². The lowest BCUT2D eigenvalue weighted by atomic mass is 10.1. The van der Waals surface area contributed by atoms with Gasteiger partial charge in [-0.3, -0.25) is 4.79 Å². The minimum Gasteiger partial charge on any atom is -0.394 e. The Hall–Kier alpha value is -0.490. The molecular weight excluding hydrogens is 152 g/mol. The van der Waals surface area contributed by atoms with Crippen molar-refractivity contribution in [3.63, 3.8) is 0 Å². The summed E-state index contributed by atoms with van der Waals surface area (Å²) in [6, 6.07) is 0. The normalized spacial score (nSPS) is 38.1. The summed E-state index contributed by atoms with van der Waals surface area (Å²) < 4.78 is 4.67. The summed E-state index contributed by atoms with van der Waals surface area (Å²) in [5.41, 5.74) is 0. The van der Waals surface area contributed by atoms with E-state index in [4.69, 9.17) is 15.3 Å². The van der Waals surface area contributed by atoms with Crippen LogP contribution in [0.3, 0.4) is 0 Å². The number of ketones is 1. The van der Waals surface area contributed by atoms with Crippen LogP contribution in [0, 0.1) is 0 Å². The fourth-order valence-corrected chi connectivity index (χ4v) is 0.977. The first-order chi connectivity index (χ1) is 5.12. The lowest BCUT2D eigenvalue weighted by Crippen LogP contribution is -2.40. The Balaban J connectivity index is 2.65. The molecule has 0 saturated carbocycles. The number of aliphatic hydroxyl groups is 3. The second-order valence-corrected chi connectivity index (χ2v) is 2.49. The Morgan fingerprint density at radius 1 is 1.64 bits per heavy atom. The number of rotatable bonds is 2. The number of Topliss-reactive ketones (excluding diaryl/α,β-unsaturated/α-hetero) is 1. The van der Waals surface area contributed by atoms with Crippen LogP contribution in [0.25, 0.3) is 0 Å². The zero-order valence-corrected chi connectivity index (χ0v) is 5.86. The zero-order valence-electron chi connectivity index (χ0n) is 5.86. The van der Waals surface area contributed by atoms with Crippen molar-refractivity contribution < 1.29 is 24.9 Å². The fourth-order valence-electron chi connectivity index (χ4n) is 0.977. The molecule has 1 saturated heterocycles. The van der Waals surface area contributed by atoms with Crippen molar-refractivity contribution in [1.82, 2.24) is 0 Å². The summed E-state index contributed by atoms with van der Waals surface area (Å²) in [6.45, 7) is -1.09. The van der Waals surface area contributed by atoms with Crippen LogP contribution in [-0.2, 0) is 9.53 Å². The van der Waals surface area contributed by atoms with Gasteiger partial charge in [0.1, 0.15) is 6.61 Å². The number of hydrogen-bond donors (Lipinski definition) is 3. The summed E-state index contributed by atoms with van der Waals surface area (Å²) in [4.78, 5) is 10.9. The van der Waals surface area contributed by atoms with E-state index in [1.165, 1.54) is 0 Å². The summed E-state index contributed by atoms with van der Waals surface area (Å²) in [6.07, 6.45) is -0.729. The van der Waals surface area contributed by atoms with E-state index in [0.29, 0.717) is 0 Å². The van der Waals surface area contributed by atoms with Crippen molar-refractivity contribution in [2.45, 2.75) is 18.3 Å². The van der Waals surface area contributed by atoms with Crippen LogP contribution in [0.15, 0.2) is 0 Å². The van der Waals surface area contributed by atoms with E-state index in [0.717, 1.165) is 0 Å². The van der Waals surface area contributed by atoms with Crippen LogP contribution in [0.1, 0.15) is 6.42 Å². The van der Waals surface area contributed by atoms with E-state index in [1.807, 2.05) is 0 Å². The molecule has 64 valence electrons. The molecule has 0 unspecified atom stereocenters. The third kappa shape index (κ3) is 1.41. The highest BCUT2D eigenvalue weighted by Crippen LogP contribution is 2.23. The van der Waals surface area contributed by atoms with Crippen molar-refractivity contribution >= 4 is 5.78 Å². The van der Waals surface area contributed by atoms with Gasteiger partial charge in [0.15, 0.2) is 5.78 Å². The van der Waals surface area contributed by atoms with Crippen LogP contribution < -0.4 is 0 Å². The number of carbonyl (C=O) groups is 1. The number of aliphatic hydroxyl groups excluding tert-OH is 2. The second kappa shape index (κ2) is 2.86. The van der Waals surface area contributed by atoms with Gasteiger partial charge >= 0.3 is 0 Å². The van der Waals surface area contributed by atoms with E-state index in [9.17, 15) is 4.79 Å². The first-order valence-corrected chi connectivity index (χ1v) is 3.27. The monoisotopic (exact) mass is 162 g/mol. The maximum absolute atomic E-state index is 10.9. The Morgan fingerprint density at radius 3 is 2.55 bits per heavy atom. The average Bonchev–Trinajstić information content (AvgIpc) is 2.29. The molecule has 1 heterocycles. The molecule has 0 amide bonds. The van der Waals surface area contributed by atoms with Gasteiger partial charge in [0, 0.05) is 6.42 Å². The van der Waals surface area contributed by atoms with Gasteiger partial charge in [0.05, 0.1) is 12.7 Å². The standard InChI is InChI=1S/C6H10O5/c7-2-4-1-5(9)6(10,3-8)11-4/h4,7-8,10H,1-3H2/t4-,6-/m0/s1. The minimum atomic E-state index is -2.08. The average molecular weight is 162 g/mol. The third-order valence-electron chi connectivity index (χ3n) is 1.63. The molecule has 5 nitrogen and oxygen atoms in total. The highest BCUT2D eigenvalue weighted by Gasteiger charge is 2.45. The number of carbonyl (C=O) groups excluding carboxylic acids is 1. The first kappa shape index (κ1) is 8.61. The Kier molecular flexibility index (Phi) is 2.24. The summed E-state index contributed by atoms with van der Waals surface area (Å²) in [7, 11) is 0. The molecule has 1 rings (SSSR count). The van der Waals surface area contributed by atoms with E-state index >= 15 is 0 Å². The van der Waals surface area contributed by atoms with Crippen LogP contribution in [0.5, 0.6) is 0 Å². The van der Waals surface area contributed by atoms with Gasteiger partial charge in [0.2, 0.25) is 0 Å². The number of ether oxygens (including phenoxy) is 1. The van der Waals surface area contributed by atoms with E-state index in [2.05, 4.69) is 4.74 Å². The molecule has 0 aromatic rings. The molecule has 1 aliphatic rings. The molecule has 0 radical (unpaired) electrons. The Labute approximate surface area is 63.2 Å². The highest BCUT2D eigenvalue weighted by atomic mass is 16.7. The van der Waals surface area contributed by atoms with Crippen LogP contribution >= 0.6 is 0 Å². The highest BCUT2D eigenvalue weighted by molar-refractivity contribution is 5.87. The van der Waals surface area contributed by atoms with Gasteiger partial charge in [-0.05, 0) is 0 Å². The Morgan fingerprint density at radius 2 is 2.27 bits per heavy atom. The molecule has 0 bridgehead atoms. The van der Waals surface area contributed by atoms with Gasteiger partial charge < -0.3 is 20.1 Å². The molecule has 1 fully saturated rings. The van der Waals surface area contributed by atoms with Gasteiger partial charge in [-0.25, -0.2) is 0 Å². The van der Waals surface area contributed by atoms with Gasteiger partial charge in [-0.2, -0.15) is 0 Å². The summed E-state index contributed by atoms with van der Waals surface area (Å²) in [5.74, 6) is -2.66. The lowest BCUT2D eigenvalue weighted by molar-refractivity contribution is -0.212. The van der Waals surface area contributed by atoms with Crippen molar-refractivity contribution in [2.24, 2.45) is 0 Å². The molecule has 5 heteroatoms.